The van der Waals surface area contributed by atoms with Crippen molar-refractivity contribution in [1.29, 1.82) is 0 Å². The number of aliphatic hydroxyl groups excluding tert-OH is 1. The summed E-state index contributed by atoms with van der Waals surface area (Å²) in [5, 5.41) is 14.6. The van der Waals surface area contributed by atoms with E-state index in [-0.39, 0.29) is 0 Å². The van der Waals surface area contributed by atoms with Gasteiger partial charge in [0.15, 0.2) is 0 Å². The van der Waals surface area contributed by atoms with Crippen molar-refractivity contribution in [2.24, 2.45) is 5.18 Å². The highest BCUT2D eigenvalue weighted by atomic mass is 16.3. The van der Waals surface area contributed by atoms with Crippen molar-refractivity contribution in [2.75, 3.05) is 18.9 Å². The molecule has 0 spiro atoms. The average Bonchev–Trinajstić information content (AvgIpc) is 2.72. The molecule has 1 aliphatic carbocycles. The third kappa shape index (κ3) is 5.26. The molecule has 0 radical (unpaired) electrons. The summed E-state index contributed by atoms with van der Waals surface area (Å²) < 4.78 is 0. The minimum absolute atomic E-state index is 0.408. The number of anilines is 1. The van der Waals surface area contributed by atoms with Gasteiger partial charge in [-0.1, -0.05) is 30.3 Å². The first kappa shape index (κ1) is 20.7. The Kier molecular flexibility index (Phi) is 6.72. The van der Waals surface area contributed by atoms with Crippen LogP contribution in [0.2, 0.25) is 0 Å². The third-order valence-corrected chi connectivity index (χ3v) is 5.36. The number of carbonyl (C=O) groups excluding carboxylic acids is 1. The van der Waals surface area contributed by atoms with Crippen LogP contribution in [0.1, 0.15) is 30.2 Å². The second-order valence-corrected chi connectivity index (χ2v) is 7.42. The van der Waals surface area contributed by atoms with Crippen LogP contribution in [0.5, 0.6) is 0 Å². The van der Waals surface area contributed by atoms with E-state index in [9.17, 15) is 14.8 Å². The summed E-state index contributed by atoms with van der Waals surface area (Å²) in [6, 6.07) is 12.7. The van der Waals surface area contributed by atoms with E-state index in [4.69, 9.17) is 0 Å². The molecule has 0 fully saturated rings. The number of aryl methyl sites for hydroxylation is 1. The van der Waals surface area contributed by atoms with Crippen molar-refractivity contribution in [3.63, 3.8) is 0 Å². The predicted molar refractivity (Wildman–Crippen MR) is 113 cm³/mol. The standard InChI is InChI=1S/C22H26N4O3/c1-15(27)21(25-29)22(28)24-18-12-17-13-19(8-9-20(17)23-14-18)26(2)11-10-16-6-4-3-5-7-16/h3-7,12,14,19,27H,8-11,13H2,1-2H3,(H,24,28). The van der Waals surface area contributed by atoms with Crippen molar-refractivity contribution in [1.82, 2.24) is 9.88 Å². The summed E-state index contributed by atoms with van der Waals surface area (Å²) >= 11 is 0. The number of nitroso groups, excluding NO2 is 1. The van der Waals surface area contributed by atoms with Crippen LogP contribution in [0.3, 0.4) is 0 Å². The zero-order valence-corrected chi connectivity index (χ0v) is 16.8. The molecule has 1 aliphatic rings. The number of fused-ring (bicyclic) bond motifs is 1. The molecule has 29 heavy (non-hydrogen) atoms. The van der Waals surface area contributed by atoms with Crippen LogP contribution in [0.4, 0.5) is 5.69 Å². The van der Waals surface area contributed by atoms with Gasteiger partial charge in [0.2, 0.25) is 5.70 Å². The van der Waals surface area contributed by atoms with Crippen molar-refractivity contribution in [2.45, 2.75) is 38.6 Å². The van der Waals surface area contributed by atoms with Crippen LogP contribution in [0.15, 0.2) is 59.2 Å². The van der Waals surface area contributed by atoms with Crippen LogP contribution in [0.25, 0.3) is 0 Å². The van der Waals surface area contributed by atoms with Gasteiger partial charge in [-0.15, -0.1) is 4.91 Å². The smallest absolute Gasteiger partial charge is 0.281 e. The lowest BCUT2D eigenvalue weighted by atomic mass is 9.90. The van der Waals surface area contributed by atoms with Gasteiger partial charge in [0.25, 0.3) is 5.91 Å². The van der Waals surface area contributed by atoms with E-state index in [1.807, 2.05) is 12.1 Å². The molecule has 0 aliphatic heterocycles. The van der Waals surface area contributed by atoms with Crippen LogP contribution in [-0.4, -0.2) is 40.5 Å². The normalized spacial score (nSPS) is 16.7. The van der Waals surface area contributed by atoms with Gasteiger partial charge in [0, 0.05) is 18.3 Å². The highest BCUT2D eigenvalue weighted by Gasteiger charge is 2.23. The summed E-state index contributed by atoms with van der Waals surface area (Å²) in [6.45, 7) is 2.22. The van der Waals surface area contributed by atoms with Gasteiger partial charge in [0.1, 0.15) is 5.76 Å². The number of nitrogens with one attached hydrogen (secondary N) is 1. The monoisotopic (exact) mass is 394 g/mol. The van der Waals surface area contributed by atoms with E-state index in [1.54, 1.807) is 6.20 Å². The lowest BCUT2D eigenvalue weighted by Crippen LogP contribution is -2.38. The van der Waals surface area contributed by atoms with Crippen molar-refractivity contribution in [3.05, 3.63) is 75.8 Å². The number of hydrogen-bond acceptors (Lipinski definition) is 6. The van der Waals surface area contributed by atoms with E-state index in [0.717, 1.165) is 43.5 Å². The molecular formula is C22H26N4O3. The van der Waals surface area contributed by atoms with Crippen LogP contribution in [0, 0.1) is 4.91 Å². The fourth-order valence-electron chi connectivity index (χ4n) is 3.64. The van der Waals surface area contributed by atoms with Crippen LogP contribution >= 0.6 is 0 Å². The number of nitrogens with zero attached hydrogens (tertiary/aromatic N) is 3. The number of allylic oxidation sites excluding steroid dienone is 1. The SMILES string of the molecule is CC(O)=C(N=O)C(=O)Nc1cnc2c(c1)CC(N(C)CCc1ccccc1)CC2. The van der Waals surface area contributed by atoms with E-state index in [1.165, 1.54) is 12.5 Å². The molecule has 1 amide bonds. The first-order valence-electron chi connectivity index (χ1n) is 9.74. The molecule has 1 aromatic carbocycles. The summed E-state index contributed by atoms with van der Waals surface area (Å²) in [6.07, 6.45) is 5.36. The largest absolute Gasteiger partial charge is 0.510 e. The lowest BCUT2D eigenvalue weighted by Gasteiger charge is -2.32. The molecule has 0 saturated carbocycles. The number of likely N-dealkylation sites (N-methyl/N-ethyl adjacent to an activating group) is 1. The Morgan fingerprint density at radius 3 is 2.79 bits per heavy atom. The molecule has 1 heterocycles. The van der Waals surface area contributed by atoms with Gasteiger partial charge < -0.3 is 15.3 Å². The van der Waals surface area contributed by atoms with Gasteiger partial charge in [-0.3, -0.25) is 9.78 Å². The fourth-order valence-corrected chi connectivity index (χ4v) is 3.64. The number of aliphatic hydroxyl groups is 1. The number of benzene rings is 1. The average molecular weight is 394 g/mol. The van der Waals surface area contributed by atoms with E-state index in [2.05, 4.69) is 51.7 Å². The Labute approximate surface area is 170 Å². The Morgan fingerprint density at radius 1 is 1.34 bits per heavy atom. The van der Waals surface area contributed by atoms with Crippen LogP contribution in [-0.2, 0) is 24.1 Å². The second kappa shape index (κ2) is 9.43. The van der Waals surface area contributed by atoms with Gasteiger partial charge >= 0.3 is 0 Å². The topological polar surface area (TPSA) is 94.9 Å². The minimum Gasteiger partial charge on any atom is -0.510 e. The van der Waals surface area contributed by atoms with Crippen molar-refractivity contribution in [3.8, 4) is 0 Å². The maximum atomic E-state index is 12.1. The molecule has 152 valence electrons. The van der Waals surface area contributed by atoms with Gasteiger partial charge in [-0.05, 0) is 62.0 Å². The maximum absolute atomic E-state index is 12.1. The highest BCUT2D eigenvalue weighted by Crippen LogP contribution is 2.25. The van der Waals surface area contributed by atoms with E-state index >= 15 is 0 Å². The summed E-state index contributed by atoms with van der Waals surface area (Å²) in [5.41, 5.74) is 3.42. The molecule has 1 unspecified atom stereocenters. The molecule has 0 bridgehead atoms. The molecule has 7 nitrogen and oxygen atoms in total. The highest BCUT2D eigenvalue weighted by molar-refractivity contribution is 6.03. The zero-order valence-electron chi connectivity index (χ0n) is 16.8. The summed E-state index contributed by atoms with van der Waals surface area (Å²) in [7, 11) is 2.15. The van der Waals surface area contributed by atoms with Crippen LogP contribution < -0.4 is 5.32 Å². The number of hydrogen-bond donors (Lipinski definition) is 2. The first-order valence-corrected chi connectivity index (χ1v) is 9.74. The summed E-state index contributed by atoms with van der Waals surface area (Å²) in [5.74, 6) is -1.15. The number of carbonyl (C=O) groups is 1. The molecule has 3 rings (SSSR count). The summed E-state index contributed by atoms with van der Waals surface area (Å²) in [4.78, 5) is 29.7. The van der Waals surface area contributed by atoms with Gasteiger partial charge in [0.05, 0.1) is 11.9 Å². The molecule has 2 N–H and O–H groups in total. The quantitative estimate of drug-likeness (QED) is 0.425. The predicted octanol–water partition coefficient (Wildman–Crippen LogP) is 3.61. The molecule has 7 heteroatoms. The lowest BCUT2D eigenvalue weighted by molar-refractivity contribution is -0.113. The molecule has 1 atom stereocenters. The number of amides is 1. The molecule has 1 aromatic heterocycles. The molecule has 2 aromatic rings. The molecular weight excluding hydrogens is 368 g/mol. The van der Waals surface area contributed by atoms with E-state index < -0.39 is 17.4 Å². The van der Waals surface area contributed by atoms with Crippen molar-refractivity contribution >= 4 is 11.6 Å². The zero-order chi connectivity index (χ0) is 20.8. The van der Waals surface area contributed by atoms with Crippen molar-refractivity contribution < 1.29 is 9.90 Å². The number of pyridine rings is 1. The minimum atomic E-state index is -0.742. The Morgan fingerprint density at radius 2 is 2.10 bits per heavy atom. The Bertz CT molecular complexity index is 908. The number of aromatic nitrogens is 1. The second-order valence-electron chi connectivity index (χ2n) is 7.42. The number of rotatable bonds is 7. The Balaban J connectivity index is 1.64. The maximum Gasteiger partial charge on any atom is 0.281 e. The van der Waals surface area contributed by atoms with E-state index in [0.29, 0.717) is 11.7 Å². The Hall–Kier alpha value is -3.06. The van der Waals surface area contributed by atoms with Gasteiger partial charge in [-0.2, -0.15) is 0 Å². The molecule has 0 saturated heterocycles. The fraction of sp³-hybridized carbons (Fsp3) is 0.364. The third-order valence-electron chi connectivity index (χ3n) is 5.36. The first-order chi connectivity index (χ1) is 14.0. The van der Waals surface area contributed by atoms with Gasteiger partial charge in [-0.25, -0.2) is 0 Å².